The van der Waals surface area contributed by atoms with E-state index in [1.54, 1.807) is 0 Å². The Labute approximate surface area is 152 Å². The smallest absolute Gasteiger partial charge is 0.329 e. The van der Waals surface area contributed by atoms with Crippen LogP contribution in [0.2, 0.25) is 0 Å². The molecule has 158 valence electrons. The molecule has 0 aromatic carbocycles. The van der Waals surface area contributed by atoms with Crippen LogP contribution in [0.25, 0.3) is 0 Å². The van der Waals surface area contributed by atoms with Crippen molar-refractivity contribution in [3.8, 4) is 0 Å². The average molecular weight is 400 g/mol. The largest absolute Gasteiger partial charge is 0.480 e. The lowest BCUT2D eigenvalue weighted by atomic mass is 9.97. The van der Waals surface area contributed by atoms with Crippen LogP contribution in [0.1, 0.15) is 0 Å². The van der Waals surface area contributed by atoms with Gasteiger partial charge in [-0.2, -0.15) is 0 Å². The summed E-state index contributed by atoms with van der Waals surface area (Å²) in [5, 5.41) is 77.1. The van der Waals surface area contributed by atoms with E-state index in [0.717, 1.165) is 0 Å². The van der Waals surface area contributed by atoms with Gasteiger partial charge in [0.1, 0.15) is 55.4 Å². The summed E-state index contributed by atoms with van der Waals surface area (Å²) in [5.74, 6) is -1.36. The summed E-state index contributed by atoms with van der Waals surface area (Å²) in [5.41, 5.74) is 0. The van der Waals surface area contributed by atoms with Crippen molar-refractivity contribution in [3.63, 3.8) is 0 Å². The quantitative estimate of drug-likeness (QED) is 0.201. The lowest BCUT2D eigenvalue weighted by Crippen LogP contribution is -2.64. The highest BCUT2D eigenvalue weighted by molar-refractivity contribution is 5.68. The van der Waals surface area contributed by atoms with E-state index in [-0.39, 0.29) is 0 Å². The average Bonchev–Trinajstić information content (AvgIpc) is 2.64. The molecule has 13 heteroatoms. The van der Waals surface area contributed by atoms with Crippen LogP contribution in [-0.4, -0.2) is 128 Å². The zero-order valence-electron chi connectivity index (χ0n) is 14.0. The summed E-state index contributed by atoms with van der Waals surface area (Å²) < 4.78 is 20.4. The molecule has 2 fully saturated rings. The molecule has 0 aliphatic carbocycles. The summed E-state index contributed by atoms with van der Waals surface area (Å²) in [4.78, 5) is 10.6. The highest BCUT2D eigenvalue weighted by atomic mass is 16.7. The van der Waals surface area contributed by atoms with Gasteiger partial charge in [0.15, 0.2) is 12.6 Å². The number of aliphatic hydroxyl groups is 7. The predicted octanol–water partition coefficient (Wildman–Crippen LogP) is -5.29. The molecule has 0 spiro atoms. The van der Waals surface area contributed by atoms with Crippen LogP contribution in [-0.2, 0) is 23.7 Å². The lowest BCUT2D eigenvalue weighted by molar-refractivity contribution is -0.359. The van der Waals surface area contributed by atoms with Crippen LogP contribution in [0, 0.1) is 0 Å². The monoisotopic (exact) mass is 400 g/mol. The summed E-state index contributed by atoms with van der Waals surface area (Å²) in [6.45, 7) is -2.29. The molecule has 27 heavy (non-hydrogen) atoms. The molecule has 8 N–H and O–H groups in total. The van der Waals surface area contributed by atoms with Crippen LogP contribution in [0.3, 0.4) is 0 Å². The summed E-state index contributed by atoms with van der Waals surface area (Å²) >= 11 is 0. The van der Waals surface area contributed by atoms with Crippen LogP contribution in [0.15, 0.2) is 0 Å². The first-order valence-corrected chi connectivity index (χ1v) is 8.13. The second kappa shape index (κ2) is 9.49. The van der Waals surface area contributed by atoms with Gasteiger partial charge in [0, 0.05) is 0 Å². The highest BCUT2D eigenvalue weighted by Gasteiger charge is 2.50. The molecule has 0 amide bonds. The Balaban J connectivity index is 2.14. The molecule has 13 nitrogen and oxygen atoms in total. The second-order valence-corrected chi connectivity index (χ2v) is 6.21. The van der Waals surface area contributed by atoms with Crippen molar-refractivity contribution in [2.75, 3.05) is 19.8 Å². The van der Waals surface area contributed by atoms with E-state index >= 15 is 0 Å². The lowest BCUT2D eigenvalue weighted by Gasteiger charge is -2.45. The van der Waals surface area contributed by atoms with Crippen LogP contribution < -0.4 is 0 Å². The van der Waals surface area contributed by atoms with E-state index in [0.29, 0.717) is 0 Å². The SMILES string of the molecule is O=C(O)CO[C@@H]1O[C@H](CO)[C@@H](O)[C@H](O[C@@H]2O[C@H](CO)[C@@H](O)[C@H](O)[C@H]2O)[C@H]1O. The van der Waals surface area contributed by atoms with Crippen molar-refractivity contribution in [1.82, 2.24) is 0 Å². The first-order valence-electron chi connectivity index (χ1n) is 8.13. The van der Waals surface area contributed by atoms with E-state index in [4.69, 9.17) is 24.1 Å². The van der Waals surface area contributed by atoms with E-state index in [9.17, 15) is 40.5 Å². The van der Waals surface area contributed by atoms with Crippen molar-refractivity contribution in [2.24, 2.45) is 0 Å². The minimum Gasteiger partial charge on any atom is -0.480 e. The molecule has 2 saturated heterocycles. The second-order valence-electron chi connectivity index (χ2n) is 6.21. The fourth-order valence-electron chi connectivity index (χ4n) is 2.84. The van der Waals surface area contributed by atoms with Gasteiger partial charge < -0.3 is 59.8 Å². The highest BCUT2D eigenvalue weighted by Crippen LogP contribution is 2.29. The molecule has 2 heterocycles. The Kier molecular flexibility index (Phi) is 7.84. The number of carbonyl (C=O) groups is 1. The van der Waals surface area contributed by atoms with Gasteiger partial charge in [-0.05, 0) is 0 Å². The molecule has 0 radical (unpaired) electrons. The van der Waals surface area contributed by atoms with Gasteiger partial charge >= 0.3 is 5.97 Å². The normalized spacial score (nSPS) is 45.6. The number of hydrogen-bond acceptors (Lipinski definition) is 12. The number of carboxylic acid groups (broad SMARTS) is 1. The van der Waals surface area contributed by atoms with Gasteiger partial charge in [-0.25, -0.2) is 4.79 Å². The third-order valence-electron chi connectivity index (χ3n) is 4.33. The molecule has 10 atom stereocenters. The number of aliphatic carboxylic acids is 1. The Morgan fingerprint density at radius 1 is 0.778 bits per heavy atom. The number of rotatable bonds is 7. The number of ether oxygens (including phenoxy) is 4. The standard InChI is InChI=1S/C14H24O13/c15-1-4-7(19)9(21)10(22)14(26-4)27-12-8(20)5(2-16)25-13(11(12)23)24-3-6(17)18/h4-5,7-16,19-23H,1-3H2,(H,17,18)/t4-,5-,7-,8-,9+,10-,11-,12+,13-,14+/m1/s1. The van der Waals surface area contributed by atoms with Crippen LogP contribution in [0.5, 0.6) is 0 Å². The Hall–Kier alpha value is -0.970. The fourth-order valence-corrected chi connectivity index (χ4v) is 2.84. The summed E-state index contributed by atoms with van der Waals surface area (Å²) in [6, 6.07) is 0. The Morgan fingerprint density at radius 3 is 1.89 bits per heavy atom. The molecule has 2 rings (SSSR count). The third kappa shape index (κ3) is 4.90. The molecular formula is C14H24O13. The van der Waals surface area contributed by atoms with Gasteiger partial charge in [0.25, 0.3) is 0 Å². The molecule has 0 bridgehead atoms. The minimum absolute atomic E-state index is 0.715. The maximum atomic E-state index is 10.6. The summed E-state index contributed by atoms with van der Waals surface area (Å²) in [6.07, 6.45) is -16.0. The molecule has 0 aromatic rings. The van der Waals surface area contributed by atoms with E-state index < -0.39 is 87.2 Å². The predicted molar refractivity (Wildman–Crippen MR) is 80.0 cm³/mol. The van der Waals surface area contributed by atoms with Crippen molar-refractivity contribution >= 4 is 5.97 Å². The van der Waals surface area contributed by atoms with E-state index in [2.05, 4.69) is 0 Å². The zero-order valence-corrected chi connectivity index (χ0v) is 14.0. The van der Waals surface area contributed by atoms with Crippen LogP contribution in [0.4, 0.5) is 0 Å². The first-order chi connectivity index (χ1) is 12.7. The van der Waals surface area contributed by atoms with Gasteiger partial charge in [0.05, 0.1) is 13.2 Å². The zero-order chi connectivity index (χ0) is 20.3. The molecule has 0 unspecified atom stereocenters. The first kappa shape index (κ1) is 22.3. The molecular weight excluding hydrogens is 376 g/mol. The van der Waals surface area contributed by atoms with Crippen molar-refractivity contribution < 1.29 is 64.6 Å². The topological polar surface area (TPSA) is 216 Å². The fraction of sp³-hybridized carbons (Fsp3) is 0.929. The number of hydrogen-bond donors (Lipinski definition) is 8. The van der Waals surface area contributed by atoms with Gasteiger partial charge in [0.2, 0.25) is 0 Å². The van der Waals surface area contributed by atoms with Crippen molar-refractivity contribution in [3.05, 3.63) is 0 Å². The maximum Gasteiger partial charge on any atom is 0.329 e. The third-order valence-corrected chi connectivity index (χ3v) is 4.33. The van der Waals surface area contributed by atoms with Gasteiger partial charge in [-0.3, -0.25) is 0 Å². The minimum atomic E-state index is -1.80. The van der Waals surface area contributed by atoms with Gasteiger partial charge in [-0.15, -0.1) is 0 Å². The van der Waals surface area contributed by atoms with Crippen LogP contribution >= 0.6 is 0 Å². The van der Waals surface area contributed by atoms with E-state index in [1.165, 1.54) is 0 Å². The van der Waals surface area contributed by atoms with Crippen molar-refractivity contribution in [1.29, 1.82) is 0 Å². The maximum absolute atomic E-state index is 10.6. The number of carboxylic acids is 1. The van der Waals surface area contributed by atoms with Crippen molar-refractivity contribution in [2.45, 2.75) is 61.4 Å². The molecule has 0 aromatic heterocycles. The van der Waals surface area contributed by atoms with E-state index in [1.807, 2.05) is 0 Å². The molecule has 2 aliphatic heterocycles. The number of aliphatic hydroxyl groups excluding tert-OH is 7. The summed E-state index contributed by atoms with van der Waals surface area (Å²) in [7, 11) is 0. The molecule has 0 saturated carbocycles. The Bertz CT molecular complexity index is 488. The Morgan fingerprint density at radius 2 is 1.33 bits per heavy atom. The molecule has 2 aliphatic rings. The van der Waals surface area contributed by atoms with Gasteiger partial charge in [-0.1, -0.05) is 0 Å².